The van der Waals surface area contributed by atoms with Crippen LogP contribution < -0.4 is 0 Å². The van der Waals surface area contributed by atoms with Gasteiger partial charge in [0.2, 0.25) is 5.76 Å². The van der Waals surface area contributed by atoms with E-state index in [4.69, 9.17) is 14.6 Å². The second-order valence-electron chi connectivity index (χ2n) is 2.09. The van der Waals surface area contributed by atoms with Crippen molar-refractivity contribution in [3.63, 3.8) is 0 Å². The molecule has 0 rings (SSSR count). The fourth-order valence-corrected chi connectivity index (χ4v) is 0.517. The average molecular weight is 174 g/mol. The highest BCUT2D eigenvalue weighted by Crippen LogP contribution is 1.99. The van der Waals surface area contributed by atoms with E-state index in [9.17, 15) is 4.79 Å². The minimum Gasteiger partial charge on any atom is -0.497 e. The van der Waals surface area contributed by atoms with Gasteiger partial charge in [-0.05, 0) is 13.3 Å². The van der Waals surface area contributed by atoms with Crippen LogP contribution in [0, 0.1) is 0 Å². The molecule has 0 bridgehead atoms. The van der Waals surface area contributed by atoms with Gasteiger partial charge in [0, 0.05) is 0 Å². The van der Waals surface area contributed by atoms with Crippen LogP contribution in [0.4, 0.5) is 0 Å². The Labute approximate surface area is 71.8 Å². The van der Waals surface area contributed by atoms with Crippen molar-refractivity contribution in [3.8, 4) is 0 Å². The van der Waals surface area contributed by atoms with Gasteiger partial charge in [-0.15, -0.1) is 0 Å². The SMILES string of the molecule is CCCOC(=COCC)C(=O)O. The first-order valence-electron chi connectivity index (χ1n) is 3.90. The highest BCUT2D eigenvalue weighted by molar-refractivity contribution is 5.83. The zero-order chi connectivity index (χ0) is 9.40. The summed E-state index contributed by atoms with van der Waals surface area (Å²) in [7, 11) is 0. The Balaban J connectivity index is 3.94. The molecule has 0 radical (unpaired) electrons. The van der Waals surface area contributed by atoms with Crippen molar-refractivity contribution in [2.75, 3.05) is 13.2 Å². The third kappa shape index (κ3) is 4.60. The van der Waals surface area contributed by atoms with Gasteiger partial charge in [0.1, 0.15) is 6.26 Å². The van der Waals surface area contributed by atoms with Gasteiger partial charge in [0.05, 0.1) is 13.2 Å². The number of carbonyl (C=O) groups is 1. The zero-order valence-electron chi connectivity index (χ0n) is 7.37. The van der Waals surface area contributed by atoms with Gasteiger partial charge in [-0.2, -0.15) is 0 Å². The Kier molecular flexibility index (Phi) is 5.87. The summed E-state index contributed by atoms with van der Waals surface area (Å²) >= 11 is 0. The van der Waals surface area contributed by atoms with Crippen molar-refractivity contribution < 1.29 is 19.4 Å². The Morgan fingerprint density at radius 3 is 2.58 bits per heavy atom. The monoisotopic (exact) mass is 174 g/mol. The van der Waals surface area contributed by atoms with Gasteiger partial charge in [-0.25, -0.2) is 4.79 Å². The fourth-order valence-electron chi connectivity index (χ4n) is 0.517. The van der Waals surface area contributed by atoms with Crippen LogP contribution in [0.1, 0.15) is 20.3 Å². The summed E-state index contributed by atoms with van der Waals surface area (Å²) in [5.41, 5.74) is 0. The zero-order valence-corrected chi connectivity index (χ0v) is 7.37. The first-order valence-corrected chi connectivity index (χ1v) is 3.90. The van der Waals surface area contributed by atoms with E-state index in [0.29, 0.717) is 13.2 Å². The summed E-state index contributed by atoms with van der Waals surface area (Å²) < 4.78 is 9.68. The number of hydrogen-bond donors (Lipinski definition) is 1. The summed E-state index contributed by atoms with van der Waals surface area (Å²) in [5, 5.41) is 8.55. The second-order valence-corrected chi connectivity index (χ2v) is 2.09. The molecule has 0 aromatic carbocycles. The van der Waals surface area contributed by atoms with Crippen molar-refractivity contribution >= 4 is 5.97 Å². The maximum Gasteiger partial charge on any atom is 0.374 e. The molecule has 0 atom stereocenters. The van der Waals surface area contributed by atoms with E-state index in [2.05, 4.69) is 0 Å². The van der Waals surface area contributed by atoms with Gasteiger partial charge in [0.25, 0.3) is 0 Å². The Hall–Kier alpha value is -1.19. The van der Waals surface area contributed by atoms with Crippen LogP contribution in [0.5, 0.6) is 0 Å². The van der Waals surface area contributed by atoms with E-state index >= 15 is 0 Å². The lowest BCUT2D eigenvalue weighted by molar-refractivity contribution is -0.137. The van der Waals surface area contributed by atoms with Gasteiger partial charge in [-0.1, -0.05) is 6.92 Å². The third-order valence-corrected chi connectivity index (χ3v) is 1.03. The van der Waals surface area contributed by atoms with E-state index in [0.717, 1.165) is 12.7 Å². The molecule has 0 aliphatic heterocycles. The van der Waals surface area contributed by atoms with Crippen LogP contribution in [-0.4, -0.2) is 24.3 Å². The number of rotatable bonds is 6. The smallest absolute Gasteiger partial charge is 0.374 e. The number of carboxylic acid groups (broad SMARTS) is 1. The largest absolute Gasteiger partial charge is 0.497 e. The summed E-state index contributed by atoms with van der Waals surface area (Å²) in [4.78, 5) is 10.4. The van der Waals surface area contributed by atoms with Crippen molar-refractivity contribution in [2.24, 2.45) is 0 Å². The number of aliphatic carboxylic acids is 1. The average Bonchev–Trinajstić information content (AvgIpc) is 2.04. The molecule has 0 amide bonds. The molecule has 12 heavy (non-hydrogen) atoms. The summed E-state index contributed by atoms with van der Waals surface area (Å²) in [6.45, 7) is 4.51. The molecule has 0 spiro atoms. The summed E-state index contributed by atoms with van der Waals surface area (Å²) in [5.74, 6) is -1.24. The van der Waals surface area contributed by atoms with Crippen molar-refractivity contribution in [2.45, 2.75) is 20.3 Å². The Bertz CT molecular complexity index is 162. The van der Waals surface area contributed by atoms with Gasteiger partial charge >= 0.3 is 5.97 Å². The molecular formula is C8H14O4. The first kappa shape index (κ1) is 10.8. The molecule has 0 unspecified atom stereocenters. The van der Waals surface area contributed by atoms with Crippen LogP contribution in [0.2, 0.25) is 0 Å². The highest BCUT2D eigenvalue weighted by atomic mass is 16.5. The first-order chi connectivity index (χ1) is 5.72. The van der Waals surface area contributed by atoms with E-state index < -0.39 is 5.97 Å². The summed E-state index contributed by atoms with van der Waals surface area (Å²) in [6.07, 6.45) is 1.90. The van der Waals surface area contributed by atoms with Crippen molar-refractivity contribution in [1.82, 2.24) is 0 Å². The third-order valence-electron chi connectivity index (χ3n) is 1.03. The van der Waals surface area contributed by atoms with Crippen LogP contribution >= 0.6 is 0 Å². The van der Waals surface area contributed by atoms with Gasteiger partial charge in [-0.3, -0.25) is 0 Å². The van der Waals surface area contributed by atoms with Crippen molar-refractivity contribution in [1.29, 1.82) is 0 Å². The molecule has 0 saturated heterocycles. The molecule has 0 fully saturated rings. The fraction of sp³-hybridized carbons (Fsp3) is 0.625. The van der Waals surface area contributed by atoms with Crippen LogP contribution in [0.15, 0.2) is 12.0 Å². The Morgan fingerprint density at radius 1 is 1.50 bits per heavy atom. The molecular weight excluding hydrogens is 160 g/mol. The topological polar surface area (TPSA) is 55.8 Å². The lowest BCUT2D eigenvalue weighted by Gasteiger charge is -2.04. The minimum atomic E-state index is -1.10. The van der Waals surface area contributed by atoms with E-state index in [1.165, 1.54) is 0 Å². The molecule has 0 saturated carbocycles. The molecule has 70 valence electrons. The Morgan fingerprint density at radius 2 is 2.17 bits per heavy atom. The number of hydrogen-bond acceptors (Lipinski definition) is 3. The number of ether oxygens (including phenoxy) is 2. The molecule has 0 aliphatic carbocycles. The van der Waals surface area contributed by atoms with Gasteiger partial charge in [0.15, 0.2) is 0 Å². The quantitative estimate of drug-likeness (QED) is 0.488. The van der Waals surface area contributed by atoms with Crippen molar-refractivity contribution in [3.05, 3.63) is 12.0 Å². The minimum absolute atomic E-state index is 0.140. The van der Waals surface area contributed by atoms with Crippen LogP contribution in [0.25, 0.3) is 0 Å². The number of carboxylic acids is 1. The molecule has 4 heteroatoms. The lowest BCUT2D eigenvalue weighted by Crippen LogP contribution is -2.06. The van der Waals surface area contributed by atoms with Crippen LogP contribution in [0.3, 0.4) is 0 Å². The van der Waals surface area contributed by atoms with E-state index in [-0.39, 0.29) is 5.76 Å². The predicted molar refractivity (Wildman–Crippen MR) is 43.6 cm³/mol. The maximum absolute atomic E-state index is 10.4. The molecule has 4 nitrogen and oxygen atoms in total. The van der Waals surface area contributed by atoms with E-state index in [1.807, 2.05) is 6.92 Å². The molecule has 0 aromatic rings. The van der Waals surface area contributed by atoms with Crippen LogP contribution in [-0.2, 0) is 14.3 Å². The molecule has 0 aliphatic rings. The standard InChI is InChI=1S/C8H14O4/c1-3-5-12-7(8(9)10)6-11-4-2/h6H,3-5H2,1-2H3,(H,9,10). The predicted octanol–water partition coefficient (Wildman–Crippen LogP) is 1.38. The molecule has 0 aromatic heterocycles. The van der Waals surface area contributed by atoms with Gasteiger partial charge < -0.3 is 14.6 Å². The second kappa shape index (κ2) is 6.52. The van der Waals surface area contributed by atoms with E-state index in [1.54, 1.807) is 6.92 Å². The maximum atomic E-state index is 10.4. The normalized spacial score (nSPS) is 11.0. The molecule has 1 N–H and O–H groups in total. The highest BCUT2D eigenvalue weighted by Gasteiger charge is 2.07. The molecule has 0 heterocycles. The summed E-state index contributed by atoms with van der Waals surface area (Å²) in [6, 6.07) is 0. The lowest BCUT2D eigenvalue weighted by atomic mass is 10.5.